The average molecular weight is 457 g/mol. The van der Waals surface area contributed by atoms with Gasteiger partial charge in [-0.3, -0.25) is 9.48 Å². The second kappa shape index (κ2) is 8.09. The second-order valence-electron chi connectivity index (χ2n) is 6.23. The van der Waals surface area contributed by atoms with E-state index in [4.69, 9.17) is 4.74 Å². The van der Waals surface area contributed by atoms with E-state index in [0.717, 1.165) is 10.2 Å². The van der Waals surface area contributed by atoms with E-state index in [1.807, 2.05) is 6.92 Å². The van der Waals surface area contributed by atoms with E-state index in [-0.39, 0.29) is 10.8 Å². The first-order chi connectivity index (χ1) is 12.8. The molecule has 146 valence electrons. The predicted molar refractivity (Wildman–Crippen MR) is 104 cm³/mol. The summed E-state index contributed by atoms with van der Waals surface area (Å²) in [6, 6.07) is 5.67. The molecular weight excluding hydrogens is 436 g/mol. The number of ether oxygens (including phenoxy) is 1. The third-order valence-electron chi connectivity index (χ3n) is 4.46. The summed E-state index contributed by atoms with van der Waals surface area (Å²) in [7, 11) is -3.55. The molecule has 0 aliphatic carbocycles. The largest absolute Gasteiger partial charge is 0.379 e. The Labute approximate surface area is 166 Å². The van der Waals surface area contributed by atoms with Gasteiger partial charge < -0.3 is 10.1 Å². The molecule has 27 heavy (non-hydrogen) atoms. The second-order valence-corrected chi connectivity index (χ2v) is 9.02. The molecule has 8 nitrogen and oxygen atoms in total. The number of sulfonamides is 1. The number of morpholine rings is 1. The van der Waals surface area contributed by atoms with Gasteiger partial charge in [0.1, 0.15) is 6.04 Å². The van der Waals surface area contributed by atoms with Crippen molar-refractivity contribution in [1.29, 1.82) is 0 Å². The normalized spacial score (nSPS) is 16.9. The summed E-state index contributed by atoms with van der Waals surface area (Å²) in [6.07, 6.45) is 1.64. The van der Waals surface area contributed by atoms with E-state index < -0.39 is 16.1 Å². The third-order valence-corrected chi connectivity index (χ3v) is 7.15. The number of hydrogen-bond donors (Lipinski definition) is 1. The molecule has 1 aliphatic heterocycles. The number of halogens is 1. The van der Waals surface area contributed by atoms with E-state index in [2.05, 4.69) is 26.3 Å². The zero-order chi connectivity index (χ0) is 19.6. The van der Waals surface area contributed by atoms with Gasteiger partial charge in [-0.1, -0.05) is 0 Å². The summed E-state index contributed by atoms with van der Waals surface area (Å²) >= 11 is 3.38. The van der Waals surface area contributed by atoms with Crippen molar-refractivity contribution in [3.05, 3.63) is 40.6 Å². The molecule has 10 heteroatoms. The number of rotatable bonds is 5. The summed E-state index contributed by atoms with van der Waals surface area (Å²) < 4.78 is 34.3. The van der Waals surface area contributed by atoms with Gasteiger partial charge in [-0.05, 0) is 54.0 Å². The van der Waals surface area contributed by atoms with Crippen LogP contribution in [0.3, 0.4) is 0 Å². The van der Waals surface area contributed by atoms with Crippen molar-refractivity contribution < 1.29 is 17.9 Å². The number of nitrogens with one attached hydrogen (secondary N) is 1. The monoisotopic (exact) mass is 456 g/mol. The average Bonchev–Trinajstić information content (AvgIpc) is 3.01. The molecule has 1 N–H and O–H groups in total. The standard InChI is InChI=1S/C17H21BrN4O4S/c1-12-16(18)11-19-22(12)13(2)17(23)20-14-3-5-15(6-4-14)27(24,25)21-7-9-26-10-8-21/h3-6,11,13H,7-10H2,1-2H3,(H,20,23). The summed E-state index contributed by atoms with van der Waals surface area (Å²) in [4.78, 5) is 12.7. The molecule has 1 aromatic heterocycles. The number of amides is 1. The lowest BCUT2D eigenvalue weighted by Crippen LogP contribution is -2.40. The molecule has 2 aromatic rings. The Morgan fingerprint density at radius 1 is 1.26 bits per heavy atom. The van der Waals surface area contributed by atoms with Crippen LogP contribution in [0.15, 0.2) is 39.8 Å². The van der Waals surface area contributed by atoms with Gasteiger partial charge in [-0.25, -0.2) is 8.42 Å². The van der Waals surface area contributed by atoms with Gasteiger partial charge >= 0.3 is 0 Å². The molecular formula is C17H21BrN4O4S. The van der Waals surface area contributed by atoms with Crippen LogP contribution in [0.4, 0.5) is 5.69 Å². The molecule has 0 bridgehead atoms. The molecule has 0 spiro atoms. The Balaban J connectivity index is 1.70. The summed E-state index contributed by atoms with van der Waals surface area (Å²) in [6.45, 7) is 5.10. The summed E-state index contributed by atoms with van der Waals surface area (Å²) in [5.41, 5.74) is 1.38. The van der Waals surface area contributed by atoms with Gasteiger partial charge in [-0.2, -0.15) is 9.40 Å². The van der Waals surface area contributed by atoms with Gasteiger partial charge in [0.2, 0.25) is 15.9 Å². The van der Waals surface area contributed by atoms with Crippen molar-refractivity contribution in [3.63, 3.8) is 0 Å². The fraction of sp³-hybridized carbons (Fsp3) is 0.412. The van der Waals surface area contributed by atoms with Gasteiger partial charge in [0.05, 0.1) is 34.5 Å². The minimum Gasteiger partial charge on any atom is -0.379 e. The Kier molecular flexibility index (Phi) is 5.99. The first-order valence-electron chi connectivity index (χ1n) is 8.49. The van der Waals surface area contributed by atoms with Crippen LogP contribution < -0.4 is 5.32 Å². The highest BCUT2D eigenvalue weighted by atomic mass is 79.9. The first kappa shape index (κ1) is 20.0. The lowest BCUT2D eigenvalue weighted by molar-refractivity contribution is -0.119. The van der Waals surface area contributed by atoms with Crippen molar-refractivity contribution in [2.24, 2.45) is 0 Å². The van der Waals surface area contributed by atoms with E-state index in [1.54, 1.807) is 29.9 Å². The van der Waals surface area contributed by atoms with Crippen molar-refractivity contribution in [1.82, 2.24) is 14.1 Å². The minimum atomic E-state index is -3.55. The molecule has 1 aliphatic rings. The number of carbonyl (C=O) groups is 1. The highest BCUT2D eigenvalue weighted by Gasteiger charge is 2.26. The van der Waals surface area contributed by atoms with Crippen molar-refractivity contribution in [3.8, 4) is 0 Å². The van der Waals surface area contributed by atoms with Crippen molar-refractivity contribution >= 4 is 37.5 Å². The van der Waals surface area contributed by atoms with E-state index in [1.165, 1.54) is 16.4 Å². The van der Waals surface area contributed by atoms with Crippen molar-refractivity contribution in [2.75, 3.05) is 31.6 Å². The molecule has 3 rings (SSSR count). The van der Waals surface area contributed by atoms with Crippen LogP contribution in [0.2, 0.25) is 0 Å². The predicted octanol–water partition coefficient (Wildman–Crippen LogP) is 2.17. The van der Waals surface area contributed by atoms with Crippen LogP contribution in [0.25, 0.3) is 0 Å². The number of aromatic nitrogens is 2. The lowest BCUT2D eigenvalue weighted by atomic mass is 10.2. The molecule has 1 amide bonds. The highest BCUT2D eigenvalue weighted by Crippen LogP contribution is 2.22. The maximum atomic E-state index is 12.6. The molecule has 1 saturated heterocycles. The smallest absolute Gasteiger partial charge is 0.248 e. The Morgan fingerprint density at radius 2 is 1.89 bits per heavy atom. The van der Waals surface area contributed by atoms with Gasteiger partial charge in [0.15, 0.2) is 0 Å². The maximum absolute atomic E-state index is 12.6. The molecule has 0 radical (unpaired) electrons. The van der Waals surface area contributed by atoms with Gasteiger partial charge in [0.25, 0.3) is 0 Å². The molecule has 1 fully saturated rings. The van der Waals surface area contributed by atoms with Gasteiger partial charge in [0, 0.05) is 18.8 Å². The molecule has 1 unspecified atom stereocenters. The molecule has 2 heterocycles. The maximum Gasteiger partial charge on any atom is 0.248 e. The number of anilines is 1. The van der Waals surface area contributed by atoms with E-state index in [0.29, 0.717) is 32.0 Å². The molecule has 0 saturated carbocycles. The third kappa shape index (κ3) is 4.23. The van der Waals surface area contributed by atoms with Gasteiger partial charge in [-0.15, -0.1) is 0 Å². The first-order valence-corrected chi connectivity index (χ1v) is 10.7. The number of carbonyl (C=O) groups excluding carboxylic acids is 1. The van der Waals surface area contributed by atoms with Crippen LogP contribution in [-0.2, 0) is 19.6 Å². The van der Waals surface area contributed by atoms with E-state index in [9.17, 15) is 13.2 Å². The number of nitrogens with zero attached hydrogens (tertiary/aromatic N) is 3. The fourth-order valence-corrected chi connectivity index (χ4v) is 4.48. The lowest BCUT2D eigenvalue weighted by Gasteiger charge is -2.26. The Bertz CT molecular complexity index is 921. The summed E-state index contributed by atoms with van der Waals surface area (Å²) in [5, 5.41) is 6.98. The van der Waals surface area contributed by atoms with E-state index >= 15 is 0 Å². The van der Waals surface area contributed by atoms with Crippen LogP contribution in [0.5, 0.6) is 0 Å². The summed E-state index contributed by atoms with van der Waals surface area (Å²) in [5.74, 6) is -0.238. The zero-order valence-corrected chi connectivity index (χ0v) is 17.5. The zero-order valence-electron chi connectivity index (χ0n) is 15.1. The topological polar surface area (TPSA) is 93.5 Å². The SMILES string of the molecule is Cc1c(Br)cnn1C(C)C(=O)Nc1ccc(S(=O)(=O)N2CCOCC2)cc1. The van der Waals surface area contributed by atoms with Crippen LogP contribution >= 0.6 is 15.9 Å². The molecule has 1 atom stereocenters. The number of benzene rings is 1. The van der Waals surface area contributed by atoms with Crippen LogP contribution in [-0.4, -0.2) is 54.7 Å². The minimum absolute atomic E-state index is 0.197. The van der Waals surface area contributed by atoms with Crippen LogP contribution in [0, 0.1) is 6.92 Å². The number of hydrogen-bond acceptors (Lipinski definition) is 5. The highest BCUT2D eigenvalue weighted by molar-refractivity contribution is 9.10. The quantitative estimate of drug-likeness (QED) is 0.743. The molecule has 1 aromatic carbocycles. The Morgan fingerprint density at radius 3 is 2.44 bits per heavy atom. The Hall–Kier alpha value is -1.75. The van der Waals surface area contributed by atoms with Crippen LogP contribution in [0.1, 0.15) is 18.7 Å². The van der Waals surface area contributed by atoms with Crippen molar-refractivity contribution in [2.45, 2.75) is 24.8 Å². The fourth-order valence-electron chi connectivity index (χ4n) is 2.80.